The summed E-state index contributed by atoms with van der Waals surface area (Å²) < 4.78 is 5.20. The number of hydrogen-bond acceptors (Lipinski definition) is 3. The van der Waals surface area contributed by atoms with Gasteiger partial charge in [0.05, 0.1) is 7.11 Å². The van der Waals surface area contributed by atoms with Crippen molar-refractivity contribution in [3.63, 3.8) is 0 Å². The van der Waals surface area contributed by atoms with E-state index in [1.165, 1.54) is 9.79 Å². The van der Waals surface area contributed by atoms with Crippen LogP contribution in [0.25, 0.3) is 0 Å². The quantitative estimate of drug-likeness (QED) is 0.927. The maximum atomic E-state index is 5.63. The zero-order chi connectivity index (χ0) is 12.1. The summed E-state index contributed by atoms with van der Waals surface area (Å²) >= 11 is 1.71. The van der Waals surface area contributed by atoms with Crippen LogP contribution in [0.15, 0.2) is 58.3 Å². The molecule has 0 spiro atoms. The first-order valence-corrected chi connectivity index (χ1v) is 6.24. The number of hydrogen-bond donors (Lipinski definition) is 1. The normalized spacial score (nSPS) is 9.67. The molecular weight excluding hydrogens is 266 g/mol. The number of methoxy groups -OCH3 is 1. The van der Waals surface area contributed by atoms with Crippen LogP contribution >= 0.6 is 24.2 Å². The Balaban J connectivity index is 0.00000162. The number of ether oxygens (including phenoxy) is 1. The van der Waals surface area contributed by atoms with Crippen molar-refractivity contribution in [1.29, 1.82) is 0 Å². The first kappa shape index (κ1) is 14.9. The van der Waals surface area contributed by atoms with Gasteiger partial charge in [0.2, 0.25) is 0 Å². The fourth-order valence-electron chi connectivity index (χ4n) is 1.54. The zero-order valence-corrected chi connectivity index (χ0v) is 11.8. The van der Waals surface area contributed by atoms with E-state index in [9.17, 15) is 0 Å². The van der Waals surface area contributed by atoms with Crippen LogP contribution in [0.4, 0.5) is 0 Å². The molecule has 0 aliphatic heterocycles. The molecule has 0 unspecified atom stereocenters. The molecule has 2 aromatic rings. The number of halogens is 1. The van der Waals surface area contributed by atoms with E-state index in [0.717, 1.165) is 11.3 Å². The van der Waals surface area contributed by atoms with Crippen molar-refractivity contribution in [3.05, 3.63) is 54.1 Å². The second-order valence-corrected chi connectivity index (χ2v) is 4.78. The molecule has 0 aliphatic carbocycles. The van der Waals surface area contributed by atoms with E-state index in [4.69, 9.17) is 10.5 Å². The van der Waals surface area contributed by atoms with Crippen molar-refractivity contribution in [2.24, 2.45) is 5.73 Å². The maximum absolute atomic E-state index is 5.63. The van der Waals surface area contributed by atoms with Gasteiger partial charge in [0.25, 0.3) is 0 Å². The van der Waals surface area contributed by atoms with Gasteiger partial charge in [0.15, 0.2) is 0 Å². The molecule has 0 aliphatic rings. The largest absolute Gasteiger partial charge is 0.497 e. The van der Waals surface area contributed by atoms with E-state index in [2.05, 4.69) is 18.2 Å². The van der Waals surface area contributed by atoms with Crippen LogP contribution in [0.2, 0.25) is 0 Å². The summed E-state index contributed by atoms with van der Waals surface area (Å²) in [5, 5.41) is 0. The smallest absolute Gasteiger partial charge is 0.119 e. The van der Waals surface area contributed by atoms with Crippen molar-refractivity contribution in [2.75, 3.05) is 7.11 Å². The minimum atomic E-state index is 0. The van der Waals surface area contributed by atoms with Crippen LogP contribution in [0.5, 0.6) is 5.75 Å². The van der Waals surface area contributed by atoms with Crippen molar-refractivity contribution in [2.45, 2.75) is 16.3 Å². The second-order valence-electron chi connectivity index (χ2n) is 3.63. The molecule has 0 atom stereocenters. The molecule has 2 rings (SSSR count). The van der Waals surface area contributed by atoms with Gasteiger partial charge in [-0.15, -0.1) is 12.4 Å². The summed E-state index contributed by atoms with van der Waals surface area (Å²) in [4.78, 5) is 2.36. The first-order chi connectivity index (χ1) is 8.31. The maximum Gasteiger partial charge on any atom is 0.119 e. The van der Waals surface area contributed by atoms with Crippen molar-refractivity contribution < 1.29 is 4.74 Å². The Bertz CT molecular complexity index is 459. The Morgan fingerprint density at radius 1 is 1.06 bits per heavy atom. The summed E-state index contributed by atoms with van der Waals surface area (Å²) in [5.74, 6) is 0.880. The molecule has 2 N–H and O–H groups in total. The molecule has 0 bridgehead atoms. The van der Waals surface area contributed by atoms with Crippen molar-refractivity contribution >= 4 is 24.2 Å². The predicted molar refractivity (Wildman–Crippen MR) is 78.7 cm³/mol. The third-order valence-corrected chi connectivity index (χ3v) is 3.39. The van der Waals surface area contributed by atoms with Crippen molar-refractivity contribution in [3.8, 4) is 5.75 Å². The van der Waals surface area contributed by atoms with Gasteiger partial charge in [0, 0.05) is 16.3 Å². The van der Waals surface area contributed by atoms with E-state index in [1.54, 1.807) is 18.9 Å². The van der Waals surface area contributed by atoms with Gasteiger partial charge in [-0.05, 0) is 35.9 Å². The van der Waals surface area contributed by atoms with E-state index in [1.807, 2.05) is 30.3 Å². The molecule has 2 aromatic carbocycles. The highest BCUT2D eigenvalue weighted by Crippen LogP contribution is 2.30. The number of rotatable bonds is 4. The Labute approximate surface area is 118 Å². The highest BCUT2D eigenvalue weighted by atomic mass is 35.5. The lowest BCUT2D eigenvalue weighted by Crippen LogP contribution is -1.95. The molecule has 96 valence electrons. The van der Waals surface area contributed by atoms with E-state index in [0.29, 0.717) is 6.54 Å². The van der Waals surface area contributed by atoms with Gasteiger partial charge in [-0.25, -0.2) is 0 Å². The van der Waals surface area contributed by atoms with E-state index >= 15 is 0 Å². The zero-order valence-electron chi connectivity index (χ0n) is 10.1. The molecule has 0 aromatic heterocycles. The standard InChI is InChI=1S/C14H15NOS.ClH/c1-16-12-5-3-7-14(9-12)17-13-6-2-4-11(8-13)10-15;/h2-9H,10,15H2,1H3;1H. The molecule has 0 saturated carbocycles. The summed E-state index contributed by atoms with van der Waals surface area (Å²) in [6.07, 6.45) is 0. The monoisotopic (exact) mass is 281 g/mol. The lowest BCUT2D eigenvalue weighted by molar-refractivity contribution is 0.413. The number of nitrogens with two attached hydrogens (primary N) is 1. The third kappa shape index (κ3) is 3.95. The highest BCUT2D eigenvalue weighted by molar-refractivity contribution is 7.99. The van der Waals surface area contributed by atoms with E-state index < -0.39 is 0 Å². The van der Waals surface area contributed by atoms with Gasteiger partial charge < -0.3 is 10.5 Å². The summed E-state index contributed by atoms with van der Waals surface area (Å²) in [5.41, 5.74) is 6.78. The fraction of sp³-hybridized carbons (Fsp3) is 0.143. The van der Waals surface area contributed by atoms with Crippen LogP contribution in [0.1, 0.15) is 5.56 Å². The fourth-order valence-corrected chi connectivity index (χ4v) is 2.49. The molecule has 0 radical (unpaired) electrons. The topological polar surface area (TPSA) is 35.2 Å². The lowest BCUT2D eigenvalue weighted by atomic mass is 10.2. The van der Waals surface area contributed by atoms with Crippen LogP contribution in [0.3, 0.4) is 0 Å². The minimum absolute atomic E-state index is 0. The molecule has 0 heterocycles. The molecular formula is C14H16ClNOS. The number of benzene rings is 2. The summed E-state index contributed by atoms with van der Waals surface area (Å²) in [7, 11) is 1.68. The molecule has 4 heteroatoms. The van der Waals surface area contributed by atoms with Crippen LogP contribution in [0, 0.1) is 0 Å². The molecule has 0 saturated heterocycles. The average molecular weight is 282 g/mol. The van der Waals surface area contributed by atoms with Crippen LogP contribution in [-0.2, 0) is 6.54 Å². The molecule has 0 amide bonds. The Hall–Kier alpha value is -1.16. The SMILES string of the molecule is COc1cccc(Sc2cccc(CN)c2)c1.Cl. The molecule has 0 fully saturated rings. The van der Waals surface area contributed by atoms with Gasteiger partial charge >= 0.3 is 0 Å². The van der Waals surface area contributed by atoms with Crippen molar-refractivity contribution in [1.82, 2.24) is 0 Å². The minimum Gasteiger partial charge on any atom is -0.497 e. The van der Waals surface area contributed by atoms with Crippen LogP contribution in [-0.4, -0.2) is 7.11 Å². The van der Waals surface area contributed by atoms with Gasteiger partial charge in [-0.3, -0.25) is 0 Å². The lowest BCUT2D eigenvalue weighted by Gasteiger charge is -2.05. The van der Waals surface area contributed by atoms with Crippen LogP contribution < -0.4 is 10.5 Å². The average Bonchev–Trinajstić information content (AvgIpc) is 2.39. The first-order valence-electron chi connectivity index (χ1n) is 5.43. The predicted octanol–water partition coefficient (Wildman–Crippen LogP) is 3.73. The molecule has 2 nitrogen and oxygen atoms in total. The Kier molecular flexibility index (Phi) is 6.05. The van der Waals surface area contributed by atoms with Gasteiger partial charge in [-0.1, -0.05) is 30.0 Å². The van der Waals surface area contributed by atoms with Gasteiger partial charge in [0.1, 0.15) is 5.75 Å². The van der Waals surface area contributed by atoms with E-state index in [-0.39, 0.29) is 12.4 Å². The Morgan fingerprint density at radius 2 is 1.72 bits per heavy atom. The van der Waals surface area contributed by atoms with Gasteiger partial charge in [-0.2, -0.15) is 0 Å². The Morgan fingerprint density at radius 3 is 2.39 bits per heavy atom. The molecule has 18 heavy (non-hydrogen) atoms. The second kappa shape index (κ2) is 7.31. The third-order valence-electron chi connectivity index (χ3n) is 2.41. The summed E-state index contributed by atoms with van der Waals surface area (Å²) in [6.45, 7) is 0.576. The summed E-state index contributed by atoms with van der Waals surface area (Å²) in [6, 6.07) is 16.3. The highest BCUT2D eigenvalue weighted by Gasteiger charge is 2.00.